The van der Waals surface area contributed by atoms with Gasteiger partial charge in [0.1, 0.15) is 0 Å². The summed E-state index contributed by atoms with van der Waals surface area (Å²) in [7, 11) is 0. The molecule has 248 valence electrons. The zero-order chi connectivity index (χ0) is 34.8. The van der Waals surface area contributed by atoms with E-state index < -0.39 is 0 Å². The Bertz CT molecular complexity index is 2620. The van der Waals surface area contributed by atoms with Crippen molar-refractivity contribution >= 4 is 67.6 Å². The van der Waals surface area contributed by atoms with Gasteiger partial charge in [-0.25, -0.2) is 0 Å². The molecule has 8 aromatic rings. The number of allylic oxidation sites excluding steroid dienone is 2. The van der Waals surface area contributed by atoms with Crippen LogP contribution in [0, 0.1) is 20.8 Å². The van der Waals surface area contributed by atoms with E-state index in [4.69, 9.17) is 5.73 Å². The van der Waals surface area contributed by atoms with Crippen LogP contribution in [0.5, 0.6) is 0 Å². The zero-order valence-electron chi connectivity index (χ0n) is 29.5. The number of anilines is 4. The molecule has 2 heterocycles. The van der Waals surface area contributed by atoms with E-state index in [-0.39, 0.29) is 0 Å². The Labute approximate surface area is 299 Å². The Morgan fingerprint density at radius 2 is 0.961 bits per heavy atom. The number of aromatic nitrogens is 2. The molecule has 6 aromatic carbocycles. The van der Waals surface area contributed by atoms with Crippen LogP contribution in [0.25, 0.3) is 56.2 Å². The molecule has 4 nitrogen and oxygen atoms in total. The van der Waals surface area contributed by atoms with E-state index in [1.807, 2.05) is 12.1 Å². The van der Waals surface area contributed by atoms with E-state index >= 15 is 0 Å². The highest BCUT2D eigenvalue weighted by molar-refractivity contribution is 6.09. The van der Waals surface area contributed by atoms with Gasteiger partial charge in [-0.05, 0) is 149 Å². The highest BCUT2D eigenvalue weighted by Crippen LogP contribution is 2.40. The third-order valence-electron chi connectivity index (χ3n) is 10.3. The predicted molar refractivity (Wildman–Crippen MR) is 218 cm³/mol. The fraction of sp³-hybridized carbons (Fsp3) is 0.106. The molecule has 0 amide bonds. The van der Waals surface area contributed by atoms with Crippen molar-refractivity contribution in [2.24, 2.45) is 0 Å². The Hall–Kier alpha value is -6.26. The molecule has 0 saturated carbocycles. The van der Waals surface area contributed by atoms with Crippen molar-refractivity contribution in [3.63, 3.8) is 0 Å². The van der Waals surface area contributed by atoms with E-state index in [1.54, 1.807) is 0 Å². The topological polar surface area (TPSA) is 39.1 Å². The number of aryl methyl sites for hydroxylation is 3. The first-order valence-electron chi connectivity index (χ1n) is 17.7. The maximum atomic E-state index is 6.16. The standard InChI is InChI=1S/C47H40N4/c1-30-6-5-7-44-40(26-30)41-27-31(2)8-23-45(41)50(44)38-19-15-36(16-20-38)49(35-13-11-34(48)12-14-35)37-17-21-39(22-18-37)51-46-24-9-32(3)28-42(46)43-29-33(4)10-25-47(43)51/h5,7-29H,6,48H2,1-4H3. The van der Waals surface area contributed by atoms with Gasteiger partial charge in [0, 0.05) is 55.8 Å². The molecule has 0 radical (unpaired) electrons. The predicted octanol–water partition coefficient (Wildman–Crippen LogP) is 12.5. The van der Waals surface area contributed by atoms with Crippen molar-refractivity contribution in [1.82, 2.24) is 9.13 Å². The third kappa shape index (κ3) is 5.23. The molecule has 0 bridgehead atoms. The first kappa shape index (κ1) is 30.8. The average molecular weight is 661 g/mol. The summed E-state index contributed by atoms with van der Waals surface area (Å²) < 4.78 is 4.78. The number of hydrogen-bond acceptors (Lipinski definition) is 2. The first-order chi connectivity index (χ1) is 24.8. The van der Waals surface area contributed by atoms with Crippen LogP contribution in [-0.4, -0.2) is 9.13 Å². The fourth-order valence-electron chi connectivity index (χ4n) is 7.81. The largest absolute Gasteiger partial charge is 0.399 e. The second-order valence-electron chi connectivity index (χ2n) is 14.1. The molecular weight excluding hydrogens is 621 g/mol. The summed E-state index contributed by atoms with van der Waals surface area (Å²) in [6, 6.07) is 46.3. The van der Waals surface area contributed by atoms with Gasteiger partial charge in [-0.15, -0.1) is 0 Å². The molecule has 4 heteroatoms. The monoisotopic (exact) mass is 660 g/mol. The SMILES string of the molecule is CC1=Cc2c(n(-c3ccc(N(c4ccc(N)cc4)c4ccc(-n5c6ccc(C)cc6c6cc(C)ccc65)cc4)cc3)c3ccc(C)cc23)C=CC1. The van der Waals surface area contributed by atoms with Gasteiger partial charge < -0.3 is 19.8 Å². The average Bonchev–Trinajstić information content (AvgIpc) is 3.51. The van der Waals surface area contributed by atoms with Crippen molar-refractivity contribution < 1.29 is 0 Å². The Kier molecular flexibility index (Phi) is 7.22. The minimum atomic E-state index is 0.744. The Morgan fingerprint density at radius 1 is 0.510 bits per heavy atom. The first-order valence-corrected chi connectivity index (χ1v) is 17.7. The Morgan fingerprint density at radius 3 is 1.49 bits per heavy atom. The minimum absolute atomic E-state index is 0.744. The summed E-state index contributed by atoms with van der Waals surface area (Å²) in [5, 5.41) is 3.85. The number of fused-ring (bicyclic) bond motifs is 6. The van der Waals surface area contributed by atoms with Crippen molar-refractivity contribution in [3.05, 3.63) is 167 Å². The van der Waals surface area contributed by atoms with Gasteiger partial charge in [0.15, 0.2) is 0 Å². The second kappa shape index (κ2) is 12.0. The van der Waals surface area contributed by atoms with Gasteiger partial charge in [0.25, 0.3) is 0 Å². The van der Waals surface area contributed by atoms with Crippen LogP contribution in [0.4, 0.5) is 22.7 Å². The van der Waals surface area contributed by atoms with Gasteiger partial charge in [-0.2, -0.15) is 0 Å². The van der Waals surface area contributed by atoms with Crippen molar-refractivity contribution in [1.29, 1.82) is 0 Å². The van der Waals surface area contributed by atoms with Crippen molar-refractivity contribution in [2.45, 2.75) is 34.1 Å². The molecule has 0 unspecified atom stereocenters. The van der Waals surface area contributed by atoms with Crippen LogP contribution in [0.2, 0.25) is 0 Å². The summed E-state index contributed by atoms with van der Waals surface area (Å²) in [6.45, 7) is 8.72. The molecular formula is C47H40N4. The van der Waals surface area contributed by atoms with E-state index in [9.17, 15) is 0 Å². The Balaban J connectivity index is 1.15. The molecule has 2 N–H and O–H groups in total. The maximum Gasteiger partial charge on any atom is 0.0541 e. The van der Waals surface area contributed by atoms with Crippen LogP contribution in [-0.2, 0) is 0 Å². The fourth-order valence-corrected chi connectivity index (χ4v) is 7.81. The van der Waals surface area contributed by atoms with Gasteiger partial charge in [0.05, 0.1) is 22.2 Å². The molecule has 9 rings (SSSR count). The lowest BCUT2D eigenvalue weighted by atomic mass is 10.1. The summed E-state index contributed by atoms with van der Waals surface area (Å²) in [4.78, 5) is 2.30. The van der Waals surface area contributed by atoms with E-state index in [0.29, 0.717) is 0 Å². The molecule has 51 heavy (non-hydrogen) atoms. The molecule has 0 atom stereocenters. The number of nitrogens with zero attached hydrogens (tertiary/aromatic N) is 3. The number of nitrogen functional groups attached to an aromatic ring is 1. The zero-order valence-corrected chi connectivity index (χ0v) is 29.5. The molecule has 1 aliphatic carbocycles. The normalized spacial score (nSPS) is 12.7. The minimum Gasteiger partial charge on any atom is -0.399 e. The van der Waals surface area contributed by atoms with Gasteiger partial charge >= 0.3 is 0 Å². The second-order valence-corrected chi connectivity index (χ2v) is 14.1. The van der Waals surface area contributed by atoms with Crippen LogP contribution >= 0.6 is 0 Å². The van der Waals surface area contributed by atoms with Crippen molar-refractivity contribution in [2.75, 3.05) is 10.6 Å². The quantitative estimate of drug-likeness (QED) is 0.187. The van der Waals surface area contributed by atoms with Gasteiger partial charge in [0.2, 0.25) is 0 Å². The smallest absolute Gasteiger partial charge is 0.0541 e. The molecule has 1 aliphatic rings. The van der Waals surface area contributed by atoms with E-state index in [2.05, 4.69) is 175 Å². The number of rotatable bonds is 5. The van der Waals surface area contributed by atoms with Crippen LogP contribution < -0.4 is 10.6 Å². The summed E-state index contributed by atoms with van der Waals surface area (Å²) in [5.74, 6) is 0. The molecule has 0 saturated heterocycles. The molecule has 0 fully saturated rings. The highest BCUT2D eigenvalue weighted by atomic mass is 15.1. The van der Waals surface area contributed by atoms with Crippen LogP contribution in [0.3, 0.4) is 0 Å². The van der Waals surface area contributed by atoms with Gasteiger partial charge in [-0.1, -0.05) is 52.6 Å². The van der Waals surface area contributed by atoms with E-state index in [1.165, 1.54) is 66.2 Å². The van der Waals surface area contributed by atoms with Gasteiger partial charge in [-0.3, -0.25) is 0 Å². The third-order valence-corrected chi connectivity index (χ3v) is 10.3. The summed E-state index contributed by atoms with van der Waals surface area (Å²) >= 11 is 0. The number of nitrogens with two attached hydrogens (primary N) is 1. The molecule has 2 aromatic heterocycles. The summed E-state index contributed by atoms with van der Waals surface area (Å²) in [6.07, 6.45) is 7.89. The van der Waals surface area contributed by atoms with Crippen LogP contribution in [0.1, 0.15) is 41.3 Å². The number of benzene rings is 6. The van der Waals surface area contributed by atoms with Crippen LogP contribution in [0.15, 0.2) is 139 Å². The molecule has 0 spiro atoms. The lowest BCUT2D eigenvalue weighted by Crippen LogP contribution is -2.10. The highest BCUT2D eigenvalue weighted by Gasteiger charge is 2.19. The number of hydrogen-bond donors (Lipinski definition) is 1. The van der Waals surface area contributed by atoms with E-state index in [0.717, 1.165) is 40.5 Å². The lowest BCUT2D eigenvalue weighted by Gasteiger charge is -2.26. The lowest BCUT2D eigenvalue weighted by molar-refractivity contribution is 1.10. The van der Waals surface area contributed by atoms with Crippen molar-refractivity contribution in [3.8, 4) is 11.4 Å². The molecule has 0 aliphatic heterocycles. The maximum absolute atomic E-state index is 6.16. The summed E-state index contributed by atoms with van der Waals surface area (Å²) in [5.41, 5.74) is 23.7.